The lowest BCUT2D eigenvalue weighted by Gasteiger charge is -2.34. The minimum atomic E-state index is -1.06. The molecule has 3 N–H and O–H groups in total. The maximum atomic E-state index is 12.2. The van der Waals surface area contributed by atoms with Crippen LogP contribution in [0.1, 0.15) is 25.2 Å². The average Bonchev–Trinajstić information content (AvgIpc) is 2.83. The van der Waals surface area contributed by atoms with Crippen LogP contribution in [-0.4, -0.2) is 43.6 Å². The molecule has 0 bridgehead atoms. The lowest BCUT2D eigenvalue weighted by Crippen LogP contribution is -2.56. The van der Waals surface area contributed by atoms with Gasteiger partial charge in [-0.15, -0.1) is 6.42 Å². The number of rotatable bonds is 2. The lowest BCUT2D eigenvalue weighted by molar-refractivity contribution is -0.142. The molecule has 0 fully saturated rings. The molecule has 0 radical (unpaired) electrons. The molecule has 0 saturated carbocycles. The van der Waals surface area contributed by atoms with Gasteiger partial charge in [0, 0.05) is 6.42 Å². The fraction of sp³-hybridized carbons (Fsp3) is 0.462. The Balaban J connectivity index is 2.23. The Morgan fingerprint density at radius 3 is 2.95 bits per heavy atom. The van der Waals surface area contributed by atoms with Crippen LogP contribution in [0.15, 0.2) is 6.33 Å². The van der Waals surface area contributed by atoms with E-state index in [2.05, 4.69) is 21.2 Å². The summed E-state index contributed by atoms with van der Waals surface area (Å²) >= 11 is 0. The number of carbonyl (C=O) groups excluding carboxylic acids is 1. The van der Waals surface area contributed by atoms with E-state index in [0.717, 1.165) is 5.69 Å². The van der Waals surface area contributed by atoms with E-state index in [0.29, 0.717) is 5.69 Å². The molecule has 1 aromatic heterocycles. The molecule has 0 spiro atoms. The van der Waals surface area contributed by atoms with Gasteiger partial charge in [0.15, 0.2) is 0 Å². The fourth-order valence-electron chi connectivity index (χ4n) is 2.05. The molecule has 1 aromatic rings. The molecule has 0 saturated heterocycles. The van der Waals surface area contributed by atoms with Gasteiger partial charge in [-0.1, -0.05) is 5.92 Å². The van der Waals surface area contributed by atoms with Crippen molar-refractivity contribution in [2.75, 3.05) is 0 Å². The zero-order valence-corrected chi connectivity index (χ0v) is 11.3. The van der Waals surface area contributed by atoms with Crippen LogP contribution in [0.5, 0.6) is 0 Å². The summed E-state index contributed by atoms with van der Waals surface area (Å²) in [6.45, 7) is 3.51. The monoisotopic (exact) mass is 276 g/mol. The van der Waals surface area contributed by atoms with Crippen molar-refractivity contribution in [3.05, 3.63) is 17.7 Å². The van der Waals surface area contributed by atoms with E-state index in [4.69, 9.17) is 6.42 Å². The van der Waals surface area contributed by atoms with Gasteiger partial charge in [0.2, 0.25) is 0 Å². The highest BCUT2D eigenvalue weighted by atomic mass is 16.4. The Bertz CT molecular complexity index is 585. The van der Waals surface area contributed by atoms with Gasteiger partial charge < -0.3 is 20.3 Å². The Morgan fingerprint density at radius 1 is 1.65 bits per heavy atom. The Hall–Kier alpha value is -2.49. The van der Waals surface area contributed by atoms with Gasteiger partial charge in [0.25, 0.3) is 0 Å². The van der Waals surface area contributed by atoms with Crippen LogP contribution in [-0.2, 0) is 17.8 Å². The highest BCUT2D eigenvalue weighted by molar-refractivity contribution is 5.84. The summed E-state index contributed by atoms with van der Waals surface area (Å²) in [5, 5.41) is 11.9. The molecule has 1 atom stereocenters. The first-order valence-corrected chi connectivity index (χ1v) is 6.14. The second-order valence-electron chi connectivity index (χ2n) is 5.21. The summed E-state index contributed by atoms with van der Waals surface area (Å²) in [5.41, 5.74) is 0.586. The van der Waals surface area contributed by atoms with Crippen molar-refractivity contribution in [1.29, 1.82) is 0 Å². The number of hydrogen-bond donors (Lipinski definition) is 3. The van der Waals surface area contributed by atoms with Gasteiger partial charge in [0.05, 0.1) is 29.8 Å². The van der Waals surface area contributed by atoms with E-state index >= 15 is 0 Å². The van der Waals surface area contributed by atoms with Crippen molar-refractivity contribution in [3.63, 3.8) is 0 Å². The highest BCUT2D eigenvalue weighted by Crippen LogP contribution is 2.21. The number of H-pyrrole nitrogens is 1. The fourth-order valence-corrected chi connectivity index (χ4v) is 2.05. The van der Waals surface area contributed by atoms with Gasteiger partial charge in [-0.05, 0) is 13.8 Å². The number of terminal acetylenes is 1. The first-order chi connectivity index (χ1) is 9.34. The Labute approximate surface area is 116 Å². The third kappa shape index (κ3) is 2.59. The van der Waals surface area contributed by atoms with Crippen LogP contribution in [0.3, 0.4) is 0 Å². The molecule has 1 unspecified atom stereocenters. The minimum Gasteiger partial charge on any atom is -0.480 e. The Morgan fingerprint density at radius 2 is 2.35 bits per heavy atom. The zero-order valence-electron chi connectivity index (χ0n) is 11.3. The maximum absolute atomic E-state index is 12.2. The number of carbonyl (C=O) groups is 2. The molecule has 106 valence electrons. The van der Waals surface area contributed by atoms with Crippen LogP contribution >= 0.6 is 0 Å². The number of carboxylic acids is 1. The third-order valence-corrected chi connectivity index (χ3v) is 3.23. The molecule has 20 heavy (non-hydrogen) atoms. The third-order valence-electron chi connectivity index (χ3n) is 3.23. The number of carboxylic acid groups (broad SMARTS) is 1. The second-order valence-corrected chi connectivity index (χ2v) is 5.21. The number of nitrogens with zero attached hydrogens (tertiary/aromatic N) is 2. The van der Waals surface area contributed by atoms with Crippen LogP contribution in [0.4, 0.5) is 4.79 Å². The van der Waals surface area contributed by atoms with Crippen LogP contribution in [0.2, 0.25) is 0 Å². The summed E-state index contributed by atoms with van der Waals surface area (Å²) < 4.78 is 0. The standard InChI is InChI=1S/C13H16N4O3/c1-4-13(2,3)16-12(20)17-6-9-8(14-7-15-9)5-10(17)11(18)19/h1,7,10H,5-6H2,2-3H3,(H,14,15)(H,16,20)(H,18,19). The molecule has 2 amide bonds. The molecule has 2 rings (SSSR count). The predicted octanol–water partition coefficient (Wildman–Crippen LogP) is 0.342. The second kappa shape index (κ2) is 4.89. The molecular weight excluding hydrogens is 260 g/mol. The number of aliphatic carboxylic acids is 1. The highest BCUT2D eigenvalue weighted by Gasteiger charge is 2.37. The molecule has 1 aliphatic heterocycles. The SMILES string of the molecule is C#CC(C)(C)NC(=O)N1Cc2[nH]cnc2CC1C(=O)O. The molecule has 0 aliphatic carbocycles. The van der Waals surface area contributed by atoms with Crippen molar-refractivity contribution < 1.29 is 14.7 Å². The van der Waals surface area contributed by atoms with Gasteiger partial charge in [-0.3, -0.25) is 0 Å². The van der Waals surface area contributed by atoms with E-state index < -0.39 is 23.6 Å². The number of aromatic amines is 1. The quantitative estimate of drug-likeness (QED) is 0.678. The summed E-state index contributed by atoms with van der Waals surface area (Å²) in [4.78, 5) is 31.8. The van der Waals surface area contributed by atoms with Crippen molar-refractivity contribution in [1.82, 2.24) is 20.2 Å². The molecule has 7 nitrogen and oxygen atoms in total. The summed E-state index contributed by atoms with van der Waals surface area (Å²) in [5.74, 6) is 1.38. The zero-order chi connectivity index (χ0) is 14.9. The number of hydrogen-bond acceptors (Lipinski definition) is 3. The first kappa shape index (κ1) is 13.9. The predicted molar refractivity (Wildman–Crippen MR) is 70.7 cm³/mol. The number of amides is 2. The number of fused-ring (bicyclic) bond motifs is 1. The van der Waals surface area contributed by atoms with Gasteiger partial charge in [-0.2, -0.15) is 0 Å². The van der Waals surface area contributed by atoms with Crippen LogP contribution < -0.4 is 5.32 Å². The van der Waals surface area contributed by atoms with E-state index in [1.54, 1.807) is 13.8 Å². The first-order valence-electron chi connectivity index (χ1n) is 6.14. The number of aromatic nitrogens is 2. The number of urea groups is 1. The largest absolute Gasteiger partial charge is 0.480 e. The molecular formula is C13H16N4O3. The maximum Gasteiger partial charge on any atom is 0.326 e. The molecule has 2 heterocycles. The molecule has 1 aliphatic rings. The van der Waals surface area contributed by atoms with E-state index in [-0.39, 0.29) is 13.0 Å². The normalized spacial score (nSPS) is 18.1. The number of imidazole rings is 1. The van der Waals surface area contributed by atoms with Crippen molar-refractivity contribution in [3.8, 4) is 12.3 Å². The topological polar surface area (TPSA) is 98.3 Å². The molecule has 7 heteroatoms. The minimum absolute atomic E-state index is 0.165. The van der Waals surface area contributed by atoms with Gasteiger partial charge >= 0.3 is 12.0 Å². The van der Waals surface area contributed by atoms with Crippen molar-refractivity contribution in [2.24, 2.45) is 0 Å². The van der Waals surface area contributed by atoms with Crippen LogP contribution in [0, 0.1) is 12.3 Å². The summed E-state index contributed by atoms with van der Waals surface area (Å²) in [7, 11) is 0. The van der Waals surface area contributed by atoms with Gasteiger partial charge in [-0.25, -0.2) is 14.6 Å². The molecule has 0 aromatic carbocycles. The van der Waals surface area contributed by atoms with E-state index in [9.17, 15) is 14.7 Å². The van der Waals surface area contributed by atoms with Crippen LogP contribution in [0.25, 0.3) is 0 Å². The van der Waals surface area contributed by atoms with Gasteiger partial charge in [0.1, 0.15) is 6.04 Å². The average molecular weight is 276 g/mol. The van der Waals surface area contributed by atoms with E-state index in [1.165, 1.54) is 11.2 Å². The lowest BCUT2D eigenvalue weighted by atomic mass is 10.0. The van der Waals surface area contributed by atoms with Crippen molar-refractivity contribution in [2.45, 2.75) is 38.4 Å². The number of nitrogens with one attached hydrogen (secondary N) is 2. The summed E-state index contributed by atoms with van der Waals surface area (Å²) in [6, 6.07) is -1.44. The smallest absolute Gasteiger partial charge is 0.326 e. The van der Waals surface area contributed by atoms with Crippen molar-refractivity contribution >= 4 is 12.0 Å². The van der Waals surface area contributed by atoms with E-state index in [1.807, 2.05) is 0 Å². The summed E-state index contributed by atoms with van der Waals surface area (Å²) in [6.07, 6.45) is 7.00. The Kier molecular flexibility index (Phi) is 3.40.